The van der Waals surface area contributed by atoms with Crippen LogP contribution in [0.4, 0.5) is 0 Å². The van der Waals surface area contributed by atoms with Gasteiger partial charge in [0.1, 0.15) is 0 Å². The van der Waals surface area contributed by atoms with Gasteiger partial charge in [-0.05, 0) is 175 Å². The van der Waals surface area contributed by atoms with Gasteiger partial charge < -0.3 is 0 Å². The molecule has 0 aliphatic heterocycles. The van der Waals surface area contributed by atoms with Crippen LogP contribution >= 0.6 is 0 Å². The van der Waals surface area contributed by atoms with Crippen molar-refractivity contribution in [2.24, 2.45) is 0 Å². The second kappa shape index (κ2) is 20.1. The van der Waals surface area contributed by atoms with Gasteiger partial charge in [-0.1, -0.05) is 228 Å². The summed E-state index contributed by atoms with van der Waals surface area (Å²) in [4.78, 5) is 0. The summed E-state index contributed by atoms with van der Waals surface area (Å²) in [5.41, 5.74) is 26.1. The third kappa shape index (κ3) is 8.07. The molecule has 0 spiro atoms. The maximum atomic E-state index is 2.64. The number of unbranched alkanes of at least 4 members (excludes halogenated alkanes) is 6. The van der Waals surface area contributed by atoms with Crippen molar-refractivity contribution in [1.29, 1.82) is 0 Å². The Morgan fingerprint density at radius 2 is 0.464 bits per heavy atom. The molecule has 0 aromatic heterocycles. The Bertz CT molecular complexity index is 2580. The molecule has 0 fully saturated rings. The van der Waals surface area contributed by atoms with Gasteiger partial charge >= 0.3 is 0 Å². The zero-order chi connectivity index (χ0) is 47.6. The molecule has 0 bridgehead atoms. The standard InChI is InChI=1S/C69H78/c1-7-13-37-67(38-14-8-2)61-28-22-19-25-55(61)58-34-31-49(46-64(58)67)52-43-53(50-32-35-59-56-26-20-23-29-62(56)68(39-15-9-3,40-16-10-4)65(59)47-50)45-54(44-52)51-33-36-60-57-27-21-24-30-63(57)69(41-17-11-5,42-18-12-6)66(60)48-51/h19-36,43-48H,7-18,37-42H2,1-6H3. The van der Waals surface area contributed by atoms with Crippen LogP contribution in [0.2, 0.25) is 0 Å². The van der Waals surface area contributed by atoms with E-state index in [9.17, 15) is 0 Å². The number of rotatable bonds is 21. The molecule has 0 radical (unpaired) electrons. The molecule has 0 heterocycles. The van der Waals surface area contributed by atoms with Crippen LogP contribution in [0.1, 0.15) is 190 Å². The average molecular weight is 907 g/mol. The Hall–Kier alpha value is -5.46. The van der Waals surface area contributed by atoms with E-state index < -0.39 is 0 Å². The maximum absolute atomic E-state index is 2.64. The lowest BCUT2D eigenvalue weighted by atomic mass is 9.70. The molecule has 7 aromatic carbocycles. The number of hydrogen-bond acceptors (Lipinski definition) is 0. The molecular formula is C69H78. The van der Waals surface area contributed by atoms with Crippen LogP contribution in [0.25, 0.3) is 66.8 Å². The summed E-state index contributed by atoms with van der Waals surface area (Å²) in [7, 11) is 0. The minimum Gasteiger partial charge on any atom is -0.0654 e. The van der Waals surface area contributed by atoms with Crippen molar-refractivity contribution in [3.05, 3.63) is 179 Å². The van der Waals surface area contributed by atoms with Crippen molar-refractivity contribution in [3.8, 4) is 66.8 Å². The minimum atomic E-state index is 0.0407. The third-order valence-corrected chi connectivity index (χ3v) is 17.5. The van der Waals surface area contributed by atoms with Crippen molar-refractivity contribution in [1.82, 2.24) is 0 Å². The zero-order valence-corrected chi connectivity index (χ0v) is 43.1. The van der Waals surface area contributed by atoms with Crippen molar-refractivity contribution in [2.45, 2.75) is 173 Å². The summed E-state index contributed by atoms with van der Waals surface area (Å²) in [5, 5.41) is 0. The van der Waals surface area contributed by atoms with Gasteiger partial charge in [0, 0.05) is 16.2 Å². The molecule has 0 nitrogen and oxygen atoms in total. The second-order valence-corrected chi connectivity index (χ2v) is 21.6. The van der Waals surface area contributed by atoms with Crippen LogP contribution in [-0.2, 0) is 16.2 Å². The molecule has 0 N–H and O–H groups in total. The van der Waals surface area contributed by atoms with Gasteiger partial charge in [-0.2, -0.15) is 0 Å². The zero-order valence-electron chi connectivity index (χ0n) is 43.1. The van der Waals surface area contributed by atoms with E-state index in [-0.39, 0.29) is 16.2 Å². The van der Waals surface area contributed by atoms with Crippen LogP contribution in [0, 0.1) is 0 Å². The topological polar surface area (TPSA) is 0 Å². The van der Waals surface area contributed by atoms with E-state index in [1.165, 1.54) is 182 Å². The first kappa shape index (κ1) is 47.2. The molecule has 0 saturated heterocycles. The van der Waals surface area contributed by atoms with Gasteiger partial charge in [-0.3, -0.25) is 0 Å². The summed E-state index contributed by atoms with van der Waals surface area (Å²) in [6, 6.07) is 58.6. The Labute approximate surface area is 417 Å². The van der Waals surface area contributed by atoms with Gasteiger partial charge in [0.25, 0.3) is 0 Å². The summed E-state index contributed by atoms with van der Waals surface area (Å²) < 4.78 is 0. The molecule has 354 valence electrons. The predicted molar refractivity (Wildman–Crippen MR) is 299 cm³/mol. The van der Waals surface area contributed by atoms with Crippen molar-refractivity contribution < 1.29 is 0 Å². The average Bonchev–Trinajstić information content (AvgIpc) is 3.95. The van der Waals surface area contributed by atoms with Crippen molar-refractivity contribution in [2.75, 3.05) is 0 Å². The SMILES string of the molecule is CCCCC1(CCCC)c2ccccc2-c2ccc(-c3cc(-c4ccc5c(c4)C(CCCC)(CCCC)c4ccccc4-5)cc(-c4ccc5c(c4)C(CCCC)(CCCC)c4ccccc4-5)c3)cc21. The first-order valence-electron chi connectivity index (χ1n) is 27.8. The molecule has 0 amide bonds. The van der Waals surface area contributed by atoms with Crippen LogP contribution in [0.15, 0.2) is 146 Å². The van der Waals surface area contributed by atoms with Gasteiger partial charge in [0.2, 0.25) is 0 Å². The fourth-order valence-electron chi connectivity index (χ4n) is 13.9. The fourth-order valence-corrected chi connectivity index (χ4v) is 13.9. The highest BCUT2D eigenvalue weighted by Crippen LogP contribution is 2.58. The Kier molecular flexibility index (Phi) is 13.8. The number of benzene rings is 7. The van der Waals surface area contributed by atoms with E-state index in [4.69, 9.17) is 0 Å². The van der Waals surface area contributed by atoms with E-state index in [2.05, 4.69) is 187 Å². The molecular weight excluding hydrogens is 829 g/mol. The molecule has 3 aliphatic rings. The number of hydrogen-bond donors (Lipinski definition) is 0. The van der Waals surface area contributed by atoms with Gasteiger partial charge in [-0.15, -0.1) is 0 Å². The quantitative estimate of drug-likeness (QED) is 0.0674. The molecule has 10 rings (SSSR count). The Morgan fingerprint density at radius 1 is 0.232 bits per heavy atom. The normalized spacial score (nSPS) is 15.0. The summed E-state index contributed by atoms with van der Waals surface area (Å²) in [6.45, 7) is 14.2. The molecule has 69 heavy (non-hydrogen) atoms. The first-order valence-corrected chi connectivity index (χ1v) is 27.8. The Balaban J connectivity index is 1.19. The highest BCUT2D eigenvalue weighted by Gasteiger charge is 2.45. The van der Waals surface area contributed by atoms with Crippen LogP contribution in [0.3, 0.4) is 0 Å². The van der Waals surface area contributed by atoms with E-state index in [0.717, 1.165) is 0 Å². The lowest BCUT2D eigenvalue weighted by molar-refractivity contribution is 0.414. The summed E-state index contributed by atoms with van der Waals surface area (Å²) >= 11 is 0. The van der Waals surface area contributed by atoms with E-state index >= 15 is 0 Å². The van der Waals surface area contributed by atoms with Gasteiger partial charge in [0.05, 0.1) is 0 Å². The molecule has 0 heteroatoms. The van der Waals surface area contributed by atoms with Crippen LogP contribution < -0.4 is 0 Å². The Morgan fingerprint density at radius 3 is 0.710 bits per heavy atom. The second-order valence-electron chi connectivity index (χ2n) is 21.6. The monoisotopic (exact) mass is 907 g/mol. The first-order chi connectivity index (χ1) is 33.9. The predicted octanol–water partition coefficient (Wildman–Crippen LogP) is 20.6. The van der Waals surface area contributed by atoms with Crippen molar-refractivity contribution >= 4 is 0 Å². The molecule has 0 saturated carbocycles. The molecule has 3 aliphatic carbocycles. The highest BCUT2D eigenvalue weighted by atomic mass is 14.5. The lowest BCUT2D eigenvalue weighted by Crippen LogP contribution is -2.25. The summed E-state index contributed by atoms with van der Waals surface area (Å²) in [5.74, 6) is 0. The molecule has 7 aromatic rings. The van der Waals surface area contributed by atoms with E-state index in [1.54, 1.807) is 33.4 Å². The minimum absolute atomic E-state index is 0.0407. The van der Waals surface area contributed by atoms with Gasteiger partial charge in [0.15, 0.2) is 0 Å². The molecule has 0 unspecified atom stereocenters. The summed E-state index contributed by atoms with van der Waals surface area (Å²) in [6.07, 6.45) is 21.9. The molecule has 0 atom stereocenters. The van der Waals surface area contributed by atoms with Crippen LogP contribution in [0.5, 0.6) is 0 Å². The highest BCUT2D eigenvalue weighted by molar-refractivity contribution is 5.90. The number of fused-ring (bicyclic) bond motifs is 9. The smallest absolute Gasteiger partial charge is 0.0215 e. The van der Waals surface area contributed by atoms with Crippen molar-refractivity contribution in [3.63, 3.8) is 0 Å². The van der Waals surface area contributed by atoms with E-state index in [1.807, 2.05) is 0 Å². The maximum Gasteiger partial charge on any atom is 0.0215 e. The third-order valence-electron chi connectivity index (χ3n) is 17.5. The van der Waals surface area contributed by atoms with E-state index in [0.29, 0.717) is 0 Å². The lowest BCUT2D eigenvalue weighted by Gasteiger charge is -2.33. The van der Waals surface area contributed by atoms with Gasteiger partial charge in [-0.25, -0.2) is 0 Å². The fraction of sp³-hybridized carbons (Fsp3) is 0.391. The van der Waals surface area contributed by atoms with Crippen LogP contribution in [-0.4, -0.2) is 0 Å². The largest absolute Gasteiger partial charge is 0.0654 e.